The average Bonchev–Trinajstić information content (AvgIpc) is 2.90. The number of aromatic nitrogens is 1. The fourth-order valence-electron chi connectivity index (χ4n) is 2.72. The highest BCUT2D eigenvalue weighted by Crippen LogP contribution is 2.28. The normalized spacial score (nSPS) is 14.7. The third kappa shape index (κ3) is 3.41. The fraction of sp³-hybridized carbons (Fsp3) is 0.235. The van der Waals surface area contributed by atoms with Gasteiger partial charge in [-0.3, -0.25) is 0 Å². The number of hydrogen-bond acceptors (Lipinski definition) is 5. The maximum atomic E-state index is 9.43. The molecule has 5 nitrogen and oxygen atoms in total. The van der Waals surface area contributed by atoms with Gasteiger partial charge in [-0.25, -0.2) is 0 Å². The standard InChI is InChI=1S/C17H18ClN3O2/c1-11-17(16(10-22)20-23-11)13-6-15(19)9-21(8-13)7-12-2-4-14(18)5-3-12/h2-6,8,22H,7,9-10,19H2,1H3. The first-order valence-corrected chi connectivity index (χ1v) is 7.67. The second-order valence-corrected chi connectivity index (χ2v) is 5.99. The number of aliphatic hydroxyl groups excluding tert-OH is 1. The molecule has 0 saturated heterocycles. The molecule has 120 valence electrons. The van der Waals surface area contributed by atoms with Crippen LogP contribution in [0.25, 0.3) is 5.57 Å². The minimum absolute atomic E-state index is 0.172. The molecule has 0 radical (unpaired) electrons. The van der Waals surface area contributed by atoms with Crippen LogP contribution >= 0.6 is 11.6 Å². The summed E-state index contributed by atoms with van der Waals surface area (Å²) in [5.74, 6) is 0.665. The Morgan fingerprint density at radius 1 is 1.35 bits per heavy atom. The maximum Gasteiger partial charge on any atom is 0.141 e. The molecule has 0 amide bonds. The zero-order valence-corrected chi connectivity index (χ0v) is 13.5. The smallest absolute Gasteiger partial charge is 0.141 e. The summed E-state index contributed by atoms with van der Waals surface area (Å²) in [6.45, 7) is 3.01. The number of rotatable bonds is 4. The van der Waals surface area contributed by atoms with E-state index in [-0.39, 0.29) is 6.61 Å². The van der Waals surface area contributed by atoms with E-state index in [4.69, 9.17) is 21.9 Å². The number of allylic oxidation sites excluding steroid dienone is 2. The van der Waals surface area contributed by atoms with Gasteiger partial charge in [-0.05, 0) is 30.7 Å². The van der Waals surface area contributed by atoms with E-state index in [1.165, 1.54) is 0 Å². The van der Waals surface area contributed by atoms with Gasteiger partial charge in [0, 0.05) is 29.0 Å². The van der Waals surface area contributed by atoms with Crippen molar-refractivity contribution in [3.63, 3.8) is 0 Å². The highest BCUT2D eigenvalue weighted by atomic mass is 35.5. The van der Waals surface area contributed by atoms with Gasteiger partial charge in [-0.1, -0.05) is 28.9 Å². The van der Waals surface area contributed by atoms with Crippen molar-refractivity contribution in [2.45, 2.75) is 20.1 Å². The summed E-state index contributed by atoms with van der Waals surface area (Å²) in [4.78, 5) is 2.11. The summed E-state index contributed by atoms with van der Waals surface area (Å²) in [6, 6.07) is 7.74. The summed E-state index contributed by atoms with van der Waals surface area (Å²) in [5.41, 5.74) is 10.2. The molecule has 1 aliphatic heterocycles. The van der Waals surface area contributed by atoms with E-state index in [0.717, 1.165) is 27.4 Å². The van der Waals surface area contributed by atoms with E-state index in [9.17, 15) is 5.11 Å². The molecule has 1 aromatic heterocycles. The Labute approximate surface area is 139 Å². The highest BCUT2D eigenvalue weighted by Gasteiger charge is 2.19. The van der Waals surface area contributed by atoms with Crippen molar-refractivity contribution in [1.82, 2.24) is 10.1 Å². The highest BCUT2D eigenvalue weighted by molar-refractivity contribution is 6.30. The Morgan fingerprint density at radius 2 is 2.09 bits per heavy atom. The lowest BCUT2D eigenvalue weighted by atomic mass is 10.0. The molecule has 1 aromatic carbocycles. The van der Waals surface area contributed by atoms with E-state index >= 15 is 0 Å². The van der Waals surface area contributed by atoms with Crippen LogP contribution in [0.5, 0.6) is 0 Å². The van der Waals surface area contributed by atoms with Crippen molar-refractivity contribution < 1.29 is 9.63 Å². The molecule has 3 N–H and O–H groups in total. The third-order valence-corrected chi connectivity index (χ3v) is 3.97. The molecular formula is C17H18ClN3O2. The molecule has 1 aliphatic rings. The van der Waals surface area contributed by atoms with Gasteiger partial charge in [-0.15, -0.1) is 0 Å². The van der Waals surface area contributed by atoms with Gasteiger partial charge in [0.15, 0.2) is 0 Å². The van der Waals surface area contributed by atoms with Crippen molar-refractivity contribution in [1.29, 1.82) is 0 Å². The number of aryl methyl sites for hydroxylation is 1. The molecule has 2 heterocycles. The van der Waals surface area contributed by atoms with Crippen molar-refractivity contribution >= 4 is 17.2 Å². The predicted molar refractivity (Wildman–Crippen MR) is 89.3 cm³/mol. The first-order valence-electron chi connectivity index (χ1n) is 7.29. The lowest BCUT2D eigenvalue weighted by Gasteiger charge is -2.26. The zero-order chi connectivity index (χ0) is 16.4. The molecule has 0 bridgehead atoms. The quantitative estimate of drug-likeness (QED) is 0.901. The zero-order valence-electron chi connectivity index (χ0n) is 12.8. The monoisotopic (exact) mass is 331 g/mol. The molecular weight excluding hydrogens is 314 g/mol. The average molecular weight is 332 g/mol. The van der Waals surface area contributed by atoms with E-state index in [0.29, 0.717) is 24.5 Å². The van der Waals surface area contributed by atoms with Crippen LogP contribution in [0.1, 0.15) is 22.6 Å². The van der Waals surface area contributed by atoms with Crippen LogP contribution in [-0.2, 0) is 13.2 Å². The molecule has 23 heavy (non-hydrogen) atoms. The molecule has 3 rings (SSSR count). The summed E-state index contributed by atoms with van der Waals surface area (Å²) >= 11 is 5.92. The van der Waals surface area contributed by atoms with Gasteiger partial charge in [-0.2, -0.15) is 0 Å². The van der Waals surface area contributed by atoms with E-state index < -0.39 is 0 Å². The second-order valence-electron chi connectivity index (χ2n) is 5.55. The first kappa shape index (κ1) is 15.6. The lowest BCUT2D eigenvalue weighted by Crippen LogP contribution is -2.26. The number of halogens is 1. The topological polar surface area (TPSA) is 75.5 Å². The Morgan fingerprint density at radius 3 is 2.78 bits per heavy atom. The third-order valence-electron chi connectivity index (χ3n) is 3.72. The number of benzene rings is 1. The van der Waals surface area contributed by atoms with Gasteiger partial charge in [0.05, 0.1) is 18.7 Å². The van der Waals surface area contributed by atoms with E-state index in [1.807, 2.05) is 43.5 Å². The molecule has 2 aromatic rings. The van der Waals surface area contributed by atoms with Crippen LogP contribution in [0, 0.1) is 6.92 Å². The Bertz CT molecular complexity index is 763. The van der Waals surface area contributed by atoms with Gasteiger partial charge in [0.25, 0.3) is 0 Å². The summed E-state index contributed by atoms with van der Waals surface area (Å²) in [5, 5.41) is 14.0. The minimum Gasteiger partial charge on any atom is -0.401 e. The lowest BCUT2D eigenvalue weighted by molar-refractivity contribution is 0.265. The molecule has 0 unspecified atom stereocenters. The number of hydrogen-bond donors (Lipinski definition) is 2. The number of nitrogens with zero attached hydrogens (tertiary/aromatic N) is 2. The van der Waals surface area contributed by atoms with Crippen LogP contribution in [0.3, 0.4) is 0 Å². The number of aliphatic hydroxyl groups is 1. The van der Waals surface area contributed by atoms with Gasteiger partial charge in [0.1, 0.15) is 11.5 Å². The van der Waals surface area contributed by atoms with Gasteiger partial charge < -0.3 is 20.3 Å². The van der Waals surface area contributed by atoms with Crippen molar-refractivity contribution in [3.05, 3.63) is 69.8 Å². The molecule has 0 aliphatic carbocycles. The van der Waals surface area contributed by atoms with Crippen LogP contribution in [0.2, 0.25) is 5.02 Å². The fourth-order valence-corrected chi connectivity index (χ4v) is 2.84. The van der Waals surface area contributed by atoms with Gasteiger partial charge >= 0.3 is 0 Å². The largest absolute Gasteiger partial charge is 0.401 e. The first-order chi connectivity index (χ1) is 11.1. The minimum atomic E-state index is -0.172. The van der Waals surface area contributed by atoms with Crippen molar-refractivity contribution in [2.75, 3.05) is 6.54 Å². The van der Waals surface area contributed by atoms with E-state index in [2.05, 4.69) is 10.1 Å². The summed E-state index contributed by atoms with van der Waals surface area (Å²) in [7, 11) is 0. The molecule has 0 fully saturated rings. The van der Waals surface area contributed by atoms with Gasteiger partial charge in [0.2, 0.25) is 0 Å². The van der Waals surface area contributed by atoms with Crippen LogP contribution in [-0.4, -0.2) is 21.7 Å². The molecule has 0 spiro atoms. The van der Waals surface area contributed by atoms with E-state index in [1.54, 1.807) is 0 Å². The SMILES string of the molecule is Cc1onc(CO)c1C1=CN(Cc2ccc(Cl)cc2)CC(N)=C1. The Balaban J connectivity index is 1.89. The van der Waals surface area contributed by atoms with Crippen molar-refractivity contribution in [2.24, 2.45) is 5.73 Å². The molecule has 6 heteroatoms. The summed E-state index contributed by atoms with van der Waals surface area (Å²) < 4.78 is 5.19. The maximum absolute atomic E-state index is 9.43. The Kier molecular flexibility index (Phi) is 4.41. The summed E-state index contributed by atoms with van der Waals surface area (Å²) in [6.07, 6.45) is 3.92. The van der Waals surface area contributed by atoms with Crippen LogP contribution in [0.15, 0.2) is 46.8 Å². The van der Waals surface area contributed by atoms with Crippen molar-refractivity contribution in [3.8, 4) is 0 Å². The molecule has 0 atom stereocenters. The van der Waals surface area contributed by atoms with Crippen LogP contribution in [0.4, 0.5) is 0 Å². The Hall–Kier alpha value is -2.24. The predicted octanol–water partition coefficient (Wildman–Crippen LogP) is 2.83. The number of nitrogens with two attached hydrogens (primary N) is 1. The second kappa shape index (κ2) is 6.48. The van der Waals surface area contributed by atoms with Crippen LogP contribution < -0.4 is 5.73 Å². The molecule has 0 saturated carbocycles.